The van der Waals surface area contributed by atoms with E-state index < -0.39 is 4.92 Å². The summed E-state index contributed by atoms with van der Waals surface area (Å²) in [6.45, 7) is 1.85. The minimum absolute atomic E-state index is 0.00320. The van der Waals surface area contributed by atoms with Gasteiger partial charge in [-0.15, -0.1) is 0 Å². The molecule has 1 fully saturated rings. The van der Waals surface area contributed by atoms with Gasteiger partial charge < -0.3 is 20.7 Å². The third kappa shape index (κ3) is 1.91. The first-order valence-corrected chi connectivity index (χ1v) is 4.82. The normalized spacial score (nSPS) is 20.5. The number of rotatable bonds is 3. The first kappa shape index (κ1) is 9.91. The zero-order valence-electron chi connectivity index (χ0n) is 8.43. The average molecular weight is 211 g/mol. The van der Waals surface area contributed by atoms with E-state index in [-0.39, 0.29) is 5.82 Å². The van der Waals surface area contributed by atoms with Crippen molar-refractivity contribution in [3.8, 4) is 0 Å². The summed E-state index contributed by atoms with van der Waals surface area (Å²) < 4.78 is 1.46. The maximum Gasteiger partial charge on any atom is 0.344 e. The highest BCUT2D eigenvalue weighted by Gasteiger charge is 2.21. The van der Waals surface area contributed by atoms with Crippen LogP contribution in [0.25, 0.3) is 0 Å². The van der Waals surface area contributed by atoms with Crippen LogP contribution in [0.3, 0.4) is 0 Å². The summed E-state index contributed by atoms with van der Waals surface area (Å²) >= 11 is 0. The average Bonchev–Trinajstić information content (AvgIpc) is 2.78. The summed E-state index contributed by atoms with van der Waals surface area (Å²) in [6, 6.07) is 0.311. The Morgan fingerprint density at radius 2 is 2.60 bits per heavy atom. The number of nitrogens with zero attached hydrogens (tertiary/aromatic N) is 3. The Kier molecular flexibility index (Phi) is 2.55. The van der Waals surface area contributed by atoms with E-state index in [0.29, 0.717) is 12.0 Å². The van der Waals surface area contributed by atoms with Crippen LogP contribution < -0.4 is 10.6 Å². The molecule has 0 bridgehead atoms. The van der Waals surface area contributed by atoms with Crippen LogP contribution in [-0.2, 0) is 7.05 Å². The van der Waals surface area contributed by atoms with Gasteiger partial charge in [-0.3, -0.25) is 0 Å². The second-order valence-electron chi connectivity index (χ2n) is 3.59. The molecule has 15 heavy (non-hydrogen) atoms. The van der Waals surface area contributed by atoms with Crippen LogP contribution in [0.15, 0.2) is 6.20 Å². The van der Waals surface area contributed by atoms with Crippen molar-refractivity contribution in [3.05, 3.63) is 16.3 Å². The Hall–Kier alpha value is -1.63. The molecule has 82 valence electrons. The van der Waals surface area contributed by atoms with Crippen LogP contribution in [0.1, 0.15) is 6.42 Å². The number of anilines is 1. The zero-order chi connectivity index (χ0) is 10.8. The maximum absolute atomic E-state index is 10.6. The molecular formula is C8H13N5O2. The summed E-state index contributed by atoms with van der Waals surface area (Å²) in [4.78, 5) is 14.1. The van der Waals surface area contributed by atoms with Gasteiger partial charge in [0.25, 0.3) is 5.95 Å². The molecule has 0 aliphatic carbocycles. The van der Waals surface area contributed by atoms with Crippen LogP contribution >= 0.6 is 0 Å². The second kappa shape index (κ2) is 3.85. The summed E-state index contributed by atoms with van der Waals surface area (Å²) in [5.74, 6) is 0.554. The molecule has 7 nitrogen and oxygen atoms in total. The lowest BCUT2D eigenvalue weighted by Crippen LogP contribution is -2.23. The van der Waals surface area contributed by atoms with Gasteiger partial charge in [-0.2, -0.15) is 9.55 Å². The van der Waals surface area contributed by atoms with E-state index in [9.17, 15) is 10.1 Å². The van der Waals surface area contributed by atoms with Crippen molar-refractivity contribution in [2.45, 2.75) is 12.5 Å². The minimum Gasteiger partial charge on any atom is -0.358 e. The Morgan fingerprint density at radius 3 is 3.13 bits per heavy atom. The van der Waals surface area contributed by atoms with Crippen LogP contribution in [0.2, 0.25) is 0 Å². The van der Waals surface area contributed by atoms with Crippen molar-refractivity contribution >= 4 is 11.8 Å². The quantitative estimate of drug-likeness (QED) is 0.547. The number of hydrogen-bond donors (Lipinski definition) is 2. The number of nitro groups is 1. The Labute approximate surface area is 86.6 Å². The number of aromatic nitrogens is 2. The molecule has 7 heteroatoms. The first-order chi connectivity index (χ1) is 7.18. The smallest absolute Gasteiger partial charge is 0.344 e. The van der Waals surface area contributed by atoms with Gasteiger partial charge >= 0.3 is 5.82 Å². The molecule has 2 heterocycles. The molecule has 1 aromatic rings. The number of hydrogen-bond acceptors (Lipinski definition) is 5. The van der Waals surface area contributed by atoms with Gasteiger partial charge in [0.1, 0.15) is 6.20 Å². The van der Waals surface area contributed by atoms with Gasteiger partial charge in [0, 0.05) is 12.6 Å². The molecule has 1 atom stereocenters. The molecule has 1 aliphatic heterocycles. The maximum atomic E-state index is 10.6. The molecule has 1 aromatic heterocycles. The van der Waals surface area contributed by atoms with Gasteiger partial charge in [0.05, 0.1) is 7.05 Å². The van der Waals surface area contributed by atoms with E-state index in [1.165, 1.54) is 10.8 Å². The molecule has 0 amide bonds. The SMILES string of the molecule is Cn1c([N+](=O)[O-])cnc1NC1CCNC1. The molecular weight excluding hydrogens is 198 g/mol. The van der Waals surface area contributed by atoms with Gasteiger partial charge in [0.15, 0.2) is 0 Å². The van der Waals surface area contributed by atoms with Crippen molar-refractivity contribution < 1.29 is 4.92 Å². The highest BCUT2D eigenvalue weighted by molar-refractivity contribution is 5.36. The lowest BCUT2D eigenvalue weighted by atomic mass is 10.3. The molecule has 0 radical (unpaired) electrons. The molecule has 1 aliphatic rings. The Balaban J connectivity index is 2.11. The molecule has 2 rings (SSSR count). The summed E-state index contributed by atoms with van der Waals surface area (Å²) in [5.41, 5.74) is 0. The van der Waals surface area contributed by atoms with Crippen molar-refractivity contribution in [3.63, 3.8) is 0 Å². The van der Waals surface area contributed by atoms with Crippen molar-refractivity contribution in [1.29, 1.82) is 0 Å². The van der Waals surface area contributed by atoms with Crippen molar-refractivity contribution in [2.75, 3.05) is 18.4 Å². The van der Waals surface area contributed by atoms with Gasteiger partial charge in [0.2, 0.25) is 0 Å². The van der Waals surface area contributed by atoms with Crippen LogP contribution in [-0.4, -0.2) is 33.6 Å². The lowest BCUT2D eigenvalue weighted by molar-refractivity contribution is -0.391. The summed E-state index contributed by atoms with van der Waals surface area (Å²) in [5, 5.41) is 17.0. The van der Waals surface area contributed by atoms with Crippen LogP contribution in [0, 0.1) is 10.1 Å². The van der Waals surface area contributed by atoms with Crippen molar-refractivity contribution in [1.82, 2.24) is 14.9 Å². The monoisotopic (exact) mass is 211 g/mol. The van der Waals surface area contributed by atoms with E-state index in [2.05, 4.69) is 15.6 Å². The fourth-order valence-corrected chi connectivity index (χ4v) is 1.66. The third-order valence-corrected chi connectivity index (χ3v) is 2.54. The fourth-order valence-electron chi connectivity index (χ4n) is 1.66. The largest absolute Gasteiger partial charge is 0.358 e. The minimum atomic E-state index is -0.439. The van der Waals surface area contributed by atoms with Gasteiger partial charge in [-0.1, -0.05) is 0 Å². The molecule has 1 saturated heterocycles. The van der Waals surface area contributed by atoms with E-state index in [1.807, 2.05) is 0 Å². The molecule has 0 saturated carbocycles. The van der Waals surface area contributed by atoms with Crippen LogP contribution in [0.5, 0.6) is 0 Å². The summed E-state index contributed by atoms with van der Waals surface area (Å²) in [6.07, 6.45) is 2.28. The predicted molar refractivity (Wildman–Crippen MR) is 54.8 cm³/mol. The molecule has 0 aromatic carbocycles. The lowest BCUT2D eigenvalue weighted by Gasteiger charge is -2.08. The van der Waals surface area contributed by atoms with Crippen molar-refractivity contribution in [2.24, 2.45) is 7.05 Å². The first-order valence-electron chi connectivity index (χ1n) is 4.82. The highest BCUT2D eigenvalue weighted by Crippen LogP contribution is 2.17. The standard InChI is InChI=1S/C8H13N5O2/c1-12-7(13(14)15)5-10-8(12)11-6-2-3-9-4-6/h5-6,9H,2-4H2,1H3,(H,10,11). The Bertz CT molecular complexity index is 369. The molecule has 0 spiro atoms. The van der Waals surface area contributed by atoms with Gasteiger partial charge in [-0.05, 0) is 17.9 Å². The number of nitrogens with one attached hydrogen (secondary N) is 2. The van der Waals surface area contributed by atoms with E-state index >= 15 is 0 Å². The predicted octanol–water partition coefficient (Wildman–Crippen LogP) is 0.102. The second-order valence-corrected chi connectivity index (χ2v) is 3.59. The zero-order valence-corrected chi connectivity index (χ0v) is 8.43. The molecule has 2 N–H and O–H groups in total. The van der Waals surface area contributed by atoms with E-state index in [0.717, 1.165) is 19.5 Å². The fraction of sp³-hybridized carbons (Fsp3) is 0.625. The van der Waals surface area contributed by atoms with Gasteiger partial charge in [-0.25, -0.2) is 0 Å². The number of imidazole rings is 1. The van der Waals surface area contributed by atoms with E-state index in [4.69, 9.17) is 0 Å². The molecule has 1 unspecified atom stereocenters. The third-order valence-electron chi connectivity index (χ3n) is 2.54. The highest BCUT2D eigenvalue weighted by atomic mass is 16.6. The topological polar surface area (TPSA) is 85.0 Å². The van der Waals surface area contributed by atoms with E-state index in [1.54, 1.807) is 7.05 Å². The summed E-state index contributed by atoms with van der Waals surface area (Å²) in [7, 11) is 1.63. The Morgan fingerprint density at radius 1 is 1.80 bits per heavy atom. The van der Waals surface area contributed by atoms with Crippen LogP contribution in [0.4, 0.5) is 11.8 Å².